The minimum atomic E-state index is -3.87. The maximum Gasteiger partial charge on any atom is 0.261 e. The van der Waals surface area contributed by atoms with Crippen LogP contribution in [0.1, 0.15) is 36.2 Å². The van der Waals surface area contributed by atoms with Crippen LogP contribution in [0.25, 0.3) is 0 Å². The summed E-state index contributed by atoms with van der Waals surface area (Å²) >= 11 is 3.24. The van der Waals surface area contributed by atoms with Gasteiger partial charge in [0.2, 0.25) is 0 Å². The lowest BCUT2D eigenvalue weighted by molar-refractivity contribution is 0.0938. The van der Waals surface area contributed by atoms with Crippen LogP contribution in [0.5, 0.6) is 0 Å². The lowest BCUT2D eigenvalue weighted by Gasteiger charge is -2.14. The van der Waals surface area contributed by atoms with Crippen LogP contribution in [-0.2, 0) is 9.05 Å². The van der Waals surface area contributed by atoms with Crippen LogP contribution in [0, 0.1) is 6.92 Å². The van der Waals surface area contributed by atoms with Gasteiger partial charge in [-0.3, -0.25) is 4.79 Å². The van der Waals surface area contributed by atoms with E-state index in [0.717, 1.165) is 6.42 Å². The van der Waals surface area contributed by atoms with Crippen molar-refractivity contribution in [2.75, 3.05) is 0 Å². The van der Waals surface area contributed by atoms with Gasteiger partial charge in [-0.25, -0.2) is 8.42 Å². The minimum absolute atomic E-state index is 0.0157. The molecule has 1 aromatic carbocycles. The van der Waals surface area contributed by atoms with Crippen LogP contribution in [0.2, 0.25) is 0 Å². The Balaban J connectivity index is 3.27. The number of rotatable bonds is 4. The molecule has 19 heavy (non-hydrogen) atoms. The van der Waals surface area contributed by atoms with Gasteiger partial charge in [-0.15, -0.1) is 0 Å². The Morgan fingerprint density at radius 3 is 2.53 bits per heavy atom. The Morgan fingerprint density at radius 1 is 1.47 bits per heavy atom. The molecule has 0 heterocycles. The van der Waals surface area contributed by atoms with Crippen molar-refractivity contribution in [1.82, 2.24) is 5.32 Å². The molecule has 0 radical (unpaired) electrons. The largest absolute Gasteiger partial charge is 0.350 e. The molecule has 0 aliphatic rings. The van der Waals surface area contributed by atoms with E-state index in [-0.39, 0.29) is 16.8 Å². The summed E-state index contributed by atoms with van der Waals surface area (Å²) in [6.45, 7) is 5.57. The number of hydrogen-bond donors (Lipinski definition) is 1. The average molecular weight is 369 g/mol. The van der Waals surface area contributed by atoms with Gasteiger partial charge in [-0.05, 0) is 38.0 Å². The Bertz CT molecular complexity index is 601. The van der Waals surface area contributed by atoms with Gasteiger partial charge in [0, 0.05) is 26.8 Å². The van der Waals surface area contributed by atoms with E-state index in [1.807, 2.05) is 13.8 Å². The predicted molar refractivity (Wildman–Crippen MR) is 79.1 cm³/mol. The molecule has 106 valence electrons. The Kier molecular flexibility index (Phi) is 5.41. The Morgan fingerprint density at radius 2 is 2.05 bits per heavy atom. The van der Waals surface area contributed by atoms with E-state index < -0.39 is 9.05 Å². The number of benzene rings is 1. The van der Waals surface area contributed by atoms with Gasteiger partial charge in [0.05, 0.1) is 4.90 Å². The topological polar surface area (TPSA) is 63.2 Å². The van der Waals surface area contributed by atoms with Crippen molar-refractivity contribution in [3.8, 4) is 0 Å². The summed E-state index contributed by atoms with van der Waals surface area (Å²) in [5.74, 6) is -0.310. The van der Waals surface area contributed by atoms with Gasteiger partial charge >= 0.3 is 0 Å². The highest BCUT2D eigenvalue weighted by Crippen LogP contribution is 2.26. The Hall–Kier alpha value is -0.590. The van der Waals surface area contributed by atoms with Gasteiger partial charge in [-0.2, -0.15) is 0 Å². The summed E-state index contributed by atoms with van der Waals surface area (Å²) in [5.41, 5.74) is 0.971. The number of nitrogens with one attached hydrogen (secondary N) is 1. The molecule has 0 aliphatic heterocycles. The number of hydrogen-bond acceptors (Lipinski definition) is 3. The highest BCUT2D eigenvalue weighted by atomic mass is 79.9. The zero-order valence-corrected chi connectivity index (χ0v) is 14.0. The fourth-order valence-electron chi connectivity index (χ4n) is 1.43. The normalized spacial score (nSPS) is 13.1. The second-order valence-corrected chi connectivity index (χ2v) is 7.72. The molecule has 0 aromatic heterocycles. The molecule has 1 aromatic rings. The third-order valence-corrected chi connectivity index (χ3v) is 4.99. The zero-order valence-electron chi connectivity index (χ0n) is 10.8. The lowest BCUT2D eigenvalue weighted by atomic mass is 10.1. The molecule has 1 rings (SSSR count). The maximum atomic E-state index is 12.1. The van der Waals surface area contributed by atoms with Crippen molar-refractivity contribution in [3.05, 3.63) is 27.7 Å². The molecular weight excluding hydrogens is 354 g/mol. The van der Waals surface area contributed by atoms with Crippen molar-refractivity contribution in [1.29, 1.82) is 0 Å². The van der Waals surface area contributed by atoms with E-state index in [2.05, 4.69) is 21.2 Å². The van der Waals surface area contributed by atoms with E-state index in [4.69, 9.17) is 10.7 Å². The van der Waals surface area contributed by atoms with Crippen molar-refractivity contribution < 1.29 is 13.2 Å². The summed E-state index contributed by atoms with van der Waals surface area (Å²) in [6.07, 6.45) is 0.791. The summed E-state index contributed by atoms with van der Waals surface area (Å²) in [6, 6.07) is 2.69. The summed E-state index contributed by atoms with van der Waals surface area (Å²) in [7, 11) is 1.44. The van der Waals surface area contributed by atoms with Crippen molar-refractivity contribution in [3.63, 3.8) is 0 Å². The van der Waals surface area contributed by atoms with E-state index in [1.165, 1.54) is 12.1 Å². The van der Waals surface area contributed by atoms with Gasteiger partial charge in [-0.1, -0.05) is 22.9 Å². The van der Waals surface area contributed by atoms with Crippen LogP contribution in [0.3, 0.4) is 0 Å². The molecule has 7 heteroatoms. The third-order valence-electron chi connectivity index (χ3n) is 2.83. The number of carbonyl (C=O) groups is 1. The molecule has 0 saturated carbocycles. The maximum absolute atomic E-state index is 12.1. The van der Waals surface area contributed by atoms with Crippen molar-refractivity contribution in [2.45, 2.75) is 38.1 Å². The smallest absolute Gasteiger partial charge is 0.261 e. The second-order valence-electron chi connectivity index (χ2n) is 4.30. The molecule has 0 bridgehead atoms. The molecule has 1 N–H and O–H groups in total. The van der Waals surface area contributed by atoms with Gasteiger partial charge < -0.3 is 5.32 Å². The van der Waals surface area contributed by atoms with E-state index in [1.54, 1.807) is 6.92 Å². The minimum Gasteiger partial charge on any atom is -0.350 e. The first-order valence-corrected chi connectivity index (χ1v) is 8.82. The molecular formula is C12H15BrClNO3S. The van der Waals surface area contributed by atoms with Gasteiger partial charge in [0.25, 0.3) is 15.0 Å². The summed E-state index contributed by atoms with van der Waals surface area (Å²) < 4.78 is 23.3. The molecule has 1 unspecified atom stereocenters. The molecule has 0 saturated heterocycles. The lowest BCUT2D eigenvalue weighted by Crippen LogP contribution is -2.32. The van der Waals surface area contributed by atoms with E-state index >= 15 is 0 Å². The van der Waals surface area contributed by atoms with Crippen LogP contribution in [0.15, 0.2) is 21.5 Å². The van der Waals surface area contributed by atoms with Crippen molar-refractivity contribution in [2.24, 2.45) is 0 Å². The quantitative estimate of drug-likeness (QED) is 0.830. The van der Waals surface area contributed by atoms with Gasteiger partial charge in [0.15, 0.2) is 0 Å². The van der Waals surface area contributed by atoms with Crippen LogP contribution < -0.4 is 5.32 Å². The van der Waals surface area contributed by atoms with Crippen molar-refractivity contribution >= 4 is 41.6 Å². The number of halogens is 2. The average Bonchev–Trinajstić information content (AvgIpc) is 2.30. The monoisotopic (exact) mass is 367 g/mol. The highest BCUT2D eigenvalue weighted by molar-refractivity contribution is 9.10. The molecule has 1 atom stereocenters. The molecule has 4 nitrogen and oxygen atoms in total. The molecule has 0 fully saturated rings. The molecule has 1 amide bonds. The third kappa shape index (κ3) is 4.19. The number of amides is 1. The zero-order chi connectivity index (χ0) is 14.8. The Labute approximate surface area is 126 Å². The fraction of sp³-hybridized carbons (Fsp3) is 0.417. The summed E-state index contributed by atoms with van der Waals surface area (Å²) in [4.78, 5) is 12.0. The second kappa shape index (κ2) is 6.24. The SMILES string of the molecule is CCC(C)NC(=O)c1cc(S(=O)(=O)Cl)cc(Br)c1C. The predicted octanol–water partition coefficient (Wildman–Crippen LogP) is 3.21. The highest BCUT2D eigenvalue weighted by Gasteiger charge is 2.19. The standard InChI is InChI=1S/C12H15BrClNO3S/c1-4-7(2)15-12(16)10-5-9(19(14,17)18)6-11(13)8(10)3/h5-7H,4H2,1-3H3,(H,15,16). The van der Waals surface area contributed by atoms with Crippen LogP contribution in [0.4, 0.5) is 0 Å². The first kappa shape index (κ1) is 16.5. The number of carbonyl (C=O) groups excluding carboxylic acids is 1. The van der Waals surface area contributed by atoms with E-state index in [0.29, 0.717) is 15.6 Å². The van der Waals surface area contributed by atoms with Crippen LogP contribution >= 0.6 is 26.6 Å². The summed E-state index contributed by atoms with van der Waals surface area (Å²) in [5, 5.41) is 2.79. The van der Waals surface area contributed by atoms with Gasteiger partial charge in [0.1, 0.15) is 0 Å². The first-order valence-electron chi connectivity index (χ1n) is 5.72. The van der Waals surface area contributed by atoms with E-state index in [9.17, 15) is 13.2 Å². The fourth-order valence-corrected chi connectivity index (χ4v) is 2.83. The first-order chi connectivity index (χ1) is 8.66. The molecule has 0 spiro atoms. The van der Waals surface area contributed by atoms with Crippen LogP contribution in [-0.4, -0.2) is 20.4 Å². The molecule has 0 aliphatic carbocycles.